The molecule has 0 aliphatic rings. The van der Waals surface area contributed by atoms with Gasteiger partial charge in [-0.25, -0.2) is 4.98 Å². The van der Waals surface area contributed by atoms with E-state index < -0.39 is 0 Å². The Morgan fingerprint density at radius 1 is 1.28 bits per heavy atom. The number of benzene rings is 1. The average Bonchev–Trinajstić information content (AvgIpc) is 2.90. The van der Waals surface area contributed by atoms with E-state index in [1.54, 1.807) is 24.6 Å². The van der Waals surface area contributed by atoms with Crippen molar-refractivity contribution in [3.63, 3.8) is 0 Å². The van der Waals surface area contributed by atoms with E-state index in [0.29, 0.717) is 5.82 Å². The summed E-state index contributed by atoms with van der Waals surface area (Å²) in [5, 5.41) is 2.04. The van der Waals surface area contributed by atoms with E-state index in [1.807, 2.05) is 23.6 Å². The average molecular weight is 257 g/mol. The van der Waals surface area contributed by atoms with Crippen LogP contribution in [-0.2, 0) is 0 Å². The van der Waals surface area contributed by atoms with Gasteiger partial charge in [-0.2, -0.15) is 0 Å². The second kappa shape index (κ2) is 4.27. The third-order valence-corrected chi connectivity index (χ3v) is 3.57. The van der Waals surface area contributed by atoms with E-state index in [1.165, 1.54) is 0 Å². The van der Waals surface area contributed by atoms with Crippen molar-refractivity contribution in [1.29, 1.82) is 0 Å². The standard InChI is InChI=1S/C13H11N3OS/c1-17-11-6-10-9(15-7-13(14)16-10)5-8(11)12-3-2-4-18-12/h2-7H,1H3,(H2,14,16). The Bertz CT molecular complexity index is 695. The lowest BCUT2D eigenvalue weighted by Crippen LogP contribution is -1.94. The highest BCUT2D eigenvalue weighted by Crippen LogP contribution is 2.35. The molecule has 5 heteroatoms. The summed E-state index contributed by atoms with van der Waals surface area (Å²) >= 11 is 1.66. The lowest BCUT2D eigenvalue weighted by atomic mass is 10.1. The van der Waals surface area contributed by atoms with Gasteiger partial charge in [-0.15, -0.1) is 11.3 Å². The fourth-order valence-corrected chi connectivity index (χ4v) is 2.59. The van der Waals surface area contributed by atoms with Gasteiger partial charge < -0.3 is 10.5 Å². The molecule has 0 atom stereocenters. The van der Waals surface area contributed by atoms with Crippen LogP contribution in [-0.4, -0.2) is 17.1 Å². The molecule has 0 amide bonds. The predicted molar refractivity (Wildman–Crippen MR) is 73.8 cm³/mol. The van der Waals surface area contributed by atoms with Crippen molar-refractivity contribution in [1.82, 2.24) is 9.97 Å². The van der Waals surface area contributed by atoms with Crippen molar-refractivity contribution in [2.75, 3.05) is 12.8 Å². The molecule has 0 spiro atoms. The number of ether oxygens (including phenoxy) is 1. The molecule has 0 saturated carbocycles. The highest BCUT2D eigenvalue weighted by atomic mass is 32.1. The van der Waals surface area contributed by atoms with Crippen molar-refractivity contribution < 1.29 is 4.74 Å². The van der Waals surface area contributed by atoms with Crippen molar-refractivity contribution >= 4 is 28.2 Å². The van der Waals surface area contributed by atoms with Gasteiger partial charge >= 0.3 is 0 Å². The Morgan fingerprint density at radius 3 is 2.89 bits per heavy atom. The Kier molecular flexibility index (Phi) is 2.60. The van der Waals surface area contributed by atoms with Crippen LogP contribution in [0.2, 0.25) is 0 Å². The van der Waals surface area contributed by atoms with Crippen LogP contribution in [0.3, 0.4) is 0 Å². The summed E-state index contributed by atoms with van der Waals surface area (Å²) in [6, 6.07) is 7.91. The van der Waals surface area contributed by atoms with Crippen LogP contribution in [0.1, 0.15) is 0 Å². The lowest BCUT2D eigenvalue weighted by Gasteiger charge is -2.08. The molecule has 90 valence electrons. The van der Waals surface area contributed by atoms with Gasteiger partial charge in [0, 0.05) is 16.5 Å². The molecule has 3 aromatic rings. The summed E-state index contributed by atoms with van der Waals surface area (Å²) in [5.41, 5.74) is 8.22. The summed E-state index contributed by atoms with van der Waals surface area (Å²) in [6.45, 7) is 0. The maximum Gasteiger partial charge on any atom is 0.142 e. The molecule has 0 radical (unpaired) electrons. The Hall–Kier alpha value is -2.14. The zero-order valence-corrected chi connectivity index (χ0v) is 10.6. The second-order valence-corrected chi connectivity index (χ2v) is 4.76. The topological polar surface area (TPSA) is 61.0 Å². The first-order chi connectivity index (χ1) is 8.78. The van der Waals surface area contributed by atoms with Crippen LogP contribution >= 0.6 is 11.3 Å². The quantitative estimate of drug-likeness (QED) is 0.766. The van der Waals surface area contributed by atoms with Gasteiger partial charge in [0.05, 0.1) is 24.3 Å². The van der Waals surface area contributed by atoms with Crippen LogP contribution in [0.4, 0.5) is 5.82 Å². The minimum Gasteiger partial charge on any atom is -0.496 e. The SMILES string of the molecule is COc1cc2nc(N)cnc2cc1-c1cccs1. The second-order valence-electron chi connectivity index (χ2n) is 3.81. The molecular weight excluding hydrogens is 246 g/mol. The maximum atomic E-state index is 5.64. The first kappa shape index (κ1) is 11.0. The van der Waals surface area contributed by atoms with Gasteiger partial charge in [-0.1, -0.05) is 6.07 Å². The van der Waals surface area contributed by atoms with E-state index in [4.69, 9.17) is 10.5 Å². The van der Waals surface area contributed by atoms with Crippen molar-refractivity contribution in [2.24, 2.45) is 0 Å². The van der Waals surface area contributed by atoms with Crippen LogP contribution in [0.15, 0.2) is 35.8 Å². The Morgan fingerprint density at radius 2 is 2.17 bits per heavy atom. The van der Waals surface area contributed by atoms with Gasteiger partial charge in [-0.3, -0.25) is 4.98 Å². The zero-order chi connectivity index (χ0) is 12.5. The fraction of sp³-hybridized carbons (Fsp3) is 0.0769. The number of nitrogen functional groups attached to an aromatic ring is 1. The molecule has 0 bridgehead atoms. The molecule has 0 aliphatic heterocycles. The first-order valence-electron chi connectivity index (χ1n) is 5.42. The number of hydrogen-bond acceptors (Lipinski definition) is 5. The third-order valence-electron chi connectivity index (χ3n) is 2.67. The number of nitrogens with zero attached hydrogens (tertiary/aromatic N) is 2. The summed E-state index contributed by atoms with van der Waals surface area (Å²) in [4.78, 5) is 9.68. The van der Waals surface area contributed by atoms with Crippen LogP contribution in [0.25, 0.3) is 21.5 Å². The summed E-state index contributed by atoms with van der Waals surface area (Å²) in [6.07, 6.45) is 1.56. The molecule has 2 heterocycles. The van der Waals surface area contributed by atoms with E-state index >= 15 is 0 Å². The van der Waals surface area contributed by atoms with Crippen LogP contribution < -0.4 is 10.5 Å². The number of aromatic nitrogens is 2. The molecular formula is C13H11N3OS. The molecule has 0 aliphatic carbocycles. The van der Waals surface area contributed by atoms with Crippen LogP contribution in [0, 0.1) is 0 Å². The fourth-order valence-electron chi connectivity index (χ4n) is 1.85. The Balaban J connectivity index is 2.28. The highest BCUT2D eigenvalue weighted by Gasteiger charge is 2.10. The molecule has 4 nitrogen and oxygen atoms in total. The van der Waals surface area contributed by atoms with E-state index in [0.717, 1.165) is 27.2 Å². The minimum atomic E-state index is 0.411. The van der Waals surface area contributed by atoms with Gasteiger partial charge in [0.25, 0.3) is 0 Å². The normalized spacial score (nSPS) is 10.7. The van der Waals surface area contributed by atoms with E-state index in [-0.39, 0.29) is 0 Å². The number of hydrogen-bond donors (Lipinski definition) is 1. The van der Waals surface area contributed by atoms with E-state index in [9.17, 15) is 0 Å². The molecule has 0 saturated heterocycles. The lowest BCUT2D eigenvalue weighted by molar-refractivity contribution is 0.417. The first-order valence-corrected chi connectivity index (χ1v) is 6.30. The monoisotopic (exact) mass is 257 g/mol. The highest BCUT2D eigenvalue weighted by molar-refractivity contribution is 7.13. The van der Waals surface area contributed by atoms with Crippen molar-refractivity contribution in [2.45, 2.75) is 0 Å². The Labute approximate surface area is 108 Å². The molecule has 0 unspecified atom stereocenters. The molecule has 2 aromatic heterocycles. The van der Waals surface area contributed by atoms with Gasteiger partial charge in [0.2, 0.25) is 0 Å². The number of thiophene rings is 1. The van der Waals surface area contributed by atoms with Crippen molar-refractivity contribution in [3.05, 3.63) is 35.8 Å². The van der Waals surface area contributed by atoms with Gasteiger partial charge in [-0.05, 0) is 17.5 Å². The summed E-state index contributed by atoms with van der Waals surface area (Å²) < 4.78 is 5.42. The van der Waals surface area contributed by atoms with Gasteiger partial charge in [0.15, 0.2) is 0 Å². The third kappa shape index (κ3) is 1.78. The summed E-state index contributed by atoms with van der Waals surface area (Å²) in [5.74, 6) is 1.19. The van der Waals surface area contributed by atoms with Crippen LogP contribution in [0.5, 0.6) is 5.75 Å². The van der Waals surface area contributed by atoms with E-state index in [2.05, 4.69) is 16.0 Å². The number of anilines is 1. The molecule has 2 N–H and O–H groups in total. The minimum absolute atomic E-state index is 0.411. The number of fused-ring (bicyclic) bond motifs is 1. The number of rotatable bonds is 2. The number of nitrogens with two attached hydrogens (primary N) is 1. The molecule has 18 heavy (non-hydrogen) atoms. The smallest absolute Gasteiger partial charge is 0.142 e. The molecule has 3 rings (SSSR count). The maximum absolute atomic E-state index is 5.64. The summed E-state index contributed by atoms with van der Waals surface area (Å²) in [7, 11) is 1.65. The number of methoxy groups -OCH3 is 1. The van der Waals surface area contributed by atoms with Crippen molar-refractivity contribution in [3.8, 4) is 16.2 Å². The zero-order valence-electron chi connectivity index (χ0n) is 9.75. The molecule has 0 fully saturated rings. The van der Waals surface area contributed by atoms with Gasteiger partial charge in [0.1, 0.15) is 11.6 Å². The molecule has 1 aromatic carbocycles. The predicted octanol–water partition coefficient (Wildman–Crippen LogP) is 2.95. The largest absolute Gasteiger partial charge is 0.496 e.